The number of hydrogen-bond acceptors (Lipinski definition) is 4. The standard InChI is InChI=1S/C23H36N4O2/c1-18(2)15-26(16-20-8-5-4-6-9-20)21-14-22(27(17-21)19(3)28)23(29)25-12-7-10-24-11-13-25/h4-6,8-9,18,21-22,24H,7,10-17H2,1-3H3. The number of amides is 2. The molecule has 6 heteroatoms. The Balaban J connectivity index is 1.75. The molecule has 3 rings (SSSR count). The molecule has 2 unspecified atom stereocenters. The van der Waals surface area contributed by atoms with Gasteiger partial charge in [0.2, 0.25) is 11.8 Å². The first-order chi connectivity index (χ1) is 14.0. The van der Waals surface area contributed by atoms with Gasteiger partial charge in [0.05, 0.1) is 0 Å². The van der Waals surface area contributed by atoms with E-state index in [1.54, 1.807) is 6.92 Å². The van der Waals surface area contributed by atoms with Crippen molar-refractivity contribution in [2.75, 3.05) is 39.3 Å². The Kier molecular flexibility index (Phi) is 7.67. The summed E-state index contributed by atoms with van der Waals surface area (Å²) in [6, 6.07) is 10.4. The third-order valence-corrected chi connectivity index (χ3v) is 5.96. The fourth-order valence-corrected chi connectivity index (χ4v) is 4.57. The van der Waals surface area contributed by atoms with Crippen LogP contribution in [0.4, 0.5) is 0 Å². The molecule has 0 bridgehead atoms. The molecule has 1 aromatic rings. The lowest BCUT2D eigenvalue weighted by molar-refractivity contribution is -0.142. The molecule has 2 fully saturated rings. The van der Waals surface area contributed by atoms with Crippen LogP contribution in [0.1, 0.15) is 39.2 Å². The smallest absolute Gasteiger partial charge is 0.245 e. The van der Waals surface area contributed by atoms with Gasteiger partial charge in [0.25, 0.3) is 0 Å². The Morgan fingerprint density at radius 3 is 2.62 bits per heavy atom. The Morgan fingerprint density at radius 1 is 1.17 bits per heavy atom. The third kappa shape index (κ3) is 5.80. The summed E-state index contributed by atoms with van der Waals surface area (Å²) in [5.74, 6) is 0.648. The summed E-state index contributed by atoms with van der Waals surface area (Å²) in [5.41, 5.74) is 1.27. The van der Waals surface area contributed by atoms with E-state index in [9.17, 15) is 9.59 Å². The molecule has 1 N–H and O–H groups in total. The zero-order chi connectivity index (χ0) is 20.8. The SMILES string of the molecule is CC(=O)N1CC(N(Cc2ccccc2)CC(C)C)CC1C(=O)N1CCCNCC1. The summed E-state index contributed by atoms with van der Waals surface area (Å²) in [5, 5.41) is 3.35. The Bertz CT molecular complexity index is 671. The maximum Gasteiger partial charge on any atom is 0.245 e. The largest absolute Gasteiger partial charge is 0.340 e. The molecular formula is C23H36N4O2. The number of carbonyl (C=O) groups excluding carboxylic acids is 2. The molecule has 2 aliphatic heterocycles. The summed E-state index contributed by atoms with van der Waals surface area (Å²) < 4.78 is 0. The zero-order valence-corrected chi connectivity index (χ0v) is 18.1. The van der Waals surface area contributed by atoms with E-state index >= 15 is 0 Å². The fourth-order valence-electron chi connectivity index (χ4n) is 4.57. The topological polar surface area (TPSA) is 55.9 Å². The normalized spacial score (nSPS) is 22.9. The molecule has 29 heavy (non-hydrogen) atoms. The number of benzene rings is 1. The van der Waals surface area contributed by atoms with E-state index in [1.165, 1.54) is 5.56 Å². The van der Waals surface area contributed by atoms with Gasteiger partial charge in [-0.25, -0.2) is 0 Å². The van der Waals surface area contributed by atoms with Crippen molar-refractivity contribution in [1.29, 1.82) is 0 Å². The first kappa shape index (κ1) is 21.8. The summed E-state index contributed by atoms with van der Waals surface area (Å²) in [4.78, 5) is 31.9. The molecule has 160 valence electrons. The average molecular weight is 401 g/mol. The minimum absolute atomic E-state index is 0.00278. The predicted molar refractivity (Wildman–Crippen MR) is 115 cm³/mol. The van der Waals surface area contributed by atoms with Crippen molar-refractivity contribution in [2.24, 2.45) is 5.92 Å². The minimum atomic E-state index is -0.332. The van der Waals surface area contributed by atoms with E-state index < -0.39 is 0 Å². The molecular weight excluding hydrogens is 364 g/mol. The number of rotatable bonds is 6. The average Bonchev–Trinajstić information content (AvgIpc) is 2.96. The Labute approximate surface area is 175 Å². The van der Waals surface area contributed by atoms with Crippen LogP contribution in [-0.4, -0.2) is 77.9 Å². The van der Waals surface area contributed by atoms with Crippen LogP contribution in [0.15, 0.2) is 30.3 Å². The van der Waals surface area contributed by atoms with Crippen molar-refractivity contribution >= 4 is 11.8 Å². The molecule has 2 atom stereocenters. The van der Waals surface area contributed by atoms with Crippen molar-refractivity contribution in [3.63, 3.8) is 0 Å². The van der Waals surface area contributed by atoms with Crippen LogP contribution in [0.3, 0.4) is 0 Å². The van der Waals surface area contributed by atoms with Gasteiger partial charge in [0.15, 0.2) is 0 Å². The van der Waals surface area contributed by atoms with E-state index in [0.29, 0.717) is 12.5 Å². The maximum absolute atomic E-state index is 13.3. The van der Waals surface area contributed by atoms with Crippen LogP contribution in [0.25, 0.3) is 0 Å². The number of hydrogen-bond donors (Lipinski definition) is 1. The zero-order valence-electron chi connectivity index (χ0n) is 18.1. The summed E-state index contributed by atoms with van der Waals surface area (Å²) >= 11 is 0. The lowest BCUT2D eigenvalue weighted by Gasteiger charge is -2.30. The van der Waals surface area contributed by atoms with Crippen molar-refractivity contribution in [1.82, 2.24) is 20.0 Å². The number of nitrogens with zero attached hydrogens (tertiary/aromatic N) is 3. The molecule has 2 heterocycles. The highest BCUT2D eigenvalue weighted by Gasteiger charge is 2.42. The first-order valence-electron chi connectivity index (χ1n) is 11.0. The second kappa shape index (κ2) is 10.2. The van der Waals surface area contributed by atoms with Gasteiger partial charge in [-0.15, -0.1) is 0 Å². The van der Waals surface area contributed by atoms with Gasteiger partial charge < -0.3 is 15.1 Å². The molecule has 0 aliphatic carbocycles. The lowest BCUT2D eigenvalue weighted by atomic mass is 10.1. The first-order valence-corrected chi connectivity index (χ1v) is 11.0. The van der Waals surface area contributed by atoms with E-state index in [-0.39, 0.29) is 23.9 Å². The van der Waals surface area contributed by atoms with Gasteiger partial charge in [-0.2, -0.15) is 0 Å². The van der Waals surface area contributed by atoms with Crippen molar-refractivity contribution in [3.8, 4) is 0 Å². The van der Waals surface area contributed by atoms with Gasteiger partial charge >= 0.3 is 0 Å². The molecule has 0 spiro atoms. The predicted octanol–water partition coefficient (Wildman–Crippen LogP) is 1.96. The molecule has 1 aromatic carbocycles. The molecule has 0 aromatic heterocycles. The number of carbonyl (C=O) groups is 2. The van der Waals surface area contributed by atoms with Gasteiger partial charge in [-0.1, -0.05) is 44.2 Å². The van der Waals surface area contributed by atoms with E-state index in [0.717, 1.165) is 52.1 Å². The van der Waals surface area contributed by atoms with Crippen LogP contribution in [-0.2, 0) is 16.1 Å². The van der Waals surface area contributed by atoms with Crippen molar-refractivity contribution in [3.05, 3.63) is 35.9 Å². The highest BCUT2D eigenvalue weighted by molar-refractivity contribution is 5.87. The van der Waals surface area contributed by atoms with Crippen molar-refractivity contribution in [2.45, 2.75) is 52.2 Å². The van der Waals surface area contributed by atoms with E-state index in [1.807, 2.05) is 15.9 Å². The van der Waals surface area contributed by atoms with Crippen LogP contribution in [0, 0.1) is 5.92 Å². The highest BCUT2D eigenvalue weighted by Crippen LogP contribution is 2.26. The molecule has 2 aliphatic rings. The van der Waals surface area contributed by atoms with Crippen molar-refractivity contribution < 1.29 is 9.59 Å². The summed E-state index contributed by atoms with van der Waals surface area (Å²) in [6.45, 7) is 11.8. The monoisotopic (exact) mass is 400 g/mol. The third-order valence-electron chi connectivity index (χ3n) is 5.96. The second-order valence-corrected chi connectivity index (χ2v) is 8.81. The Morgan fingerprint density at radius 2 is 1.93 bits per heavy atom. The summed E-state index contributed by atoms with van der Waals surface area (Å²) in [7, 11) is 0. The van der Waals surface area contributed by atoms with Crippen LogP contribution in [0.2, 0.25) is 0 Å². The molecule has 6 nitrogen and oxygen atoms in total. The van der Waals surface area contributed by atoms with Gasteiger partial charge in [-0.05, 0) is 30.9 Å². The Hall–Kier alpha value is -1.92. The van der Waals surface area contributed by atoms with Gasteiger partial charge in [0, 0.05) is 52.2 Å². The fraction of sp³-hybridized carbons (Fsp3) is 0.652. The van der Waals surface area contributed by atoms with Crippen LogP contribution >= 0.6 is 0 Å². The molecule has 0 saturated carbocycles. The van der Waals surface area contributed by atoms with Gasteiger partial charge in [0.1, 0.15) is 6.04 Å². The molecule has 0 radical (unpaired) electrons. The van der Waals surface area contributed by atoms with E-state index in [4.69, 9.17) is 0 Å². The van der Waals surface area contributed by atoms with E-state index in [2.05, 4.69) is 48.3 Å². The number of likely N-dealkylation sites (tertiary alicyclic amines) is 1. The highest BCUT2D eigenvalue weighted by atomic mass is 16.2. The summed E-state index contributed by atoms with van der Waals surface area (Å²) in [6.07, 6.45) is 1.69. The quantitative estimate of drug-likeness (QED) is 0.793. The maximum atomic E-state index is 13.3. The minimum Gasteiger partial charge on any atom is -0.340 e. The number of nitrogens with one attached hydrogen (secondary N) is 1. The molecule has 2 saturated heterocycles. The van der Waals surface area contributed by atoms with Gasteiger partial charge in [-0.3, -0.25) is 14.5 Å². The van der Waals surface area contributed by atoms with Crippen LogP contribution in [0.5, 0.6) is 0 Å². The molecule has 2 amide bonds. The lowest BCUT2D eigenvalue weighted by Crippen LogP contribution is -2.48. The second-order valence-electron chi connectivity index (χ2n) is 8.81. The van der Waals surface area contributed by atoms with Crippen LogP contribution < -0.4 is 5.32 Å².